The van der Waals surface area contributed by atoms with E-state index in [-0.39, 0.29) is 35.6 Å². The maximum atomic E-state index is 13.9. The number of allylic oxidation sites excluding steroid dienone is 6. The molecule has 1 N–H and O–H groups in total. The zero-order valence-corrected chi connectivity index (χ0v) is 22.3. The molecule has 0 bridgehead atoms. The second kappa shape index (κ2) is 8.91. The fourth-order valence-electron chi connectivity index (χ4n) is 6.56. The van der Waals surface area contributed by atoms with Crippen LogP contribution in [0.3, 0.4) is 0 Å². The number of ketones is 2. The summed E-state index contributed by atoms with van der Waals surface area (Å²) in [5.74, 6) is -3.32. The standard InChI is InChI=1S/C30H24BrNO6/c1-14-12-22(34)25-20(28(14)35)13-19-17(26(25)27-21(33)4-3-5-23(27)38-2)10-11-18-24(19)30(37)32(29(18)36)16-8-6-15(31)7-9-16/h3-10,12,18-19,24,26,33H,11,13H2,1-2H3/t18-,19+,24-,26-/m0/s1. The monoisotopic (exact) mass is 573 g/mol. The minimum atomic E-state index is -0.772. The van der Waals surface area contributed by atoms with E-state index in [1.54, 1.807) is 43.3 Å². The molecule has 0 aromatic heterocycles. The Morgan fingerprint density at radius 3 is 2.45 bits per heavy atom. The number of methoxy groups -OCH3 is 1. The van der Waals surface area contributed by atoms with Crippen molar-refractivity contribution in [2.24, 2.45) is 17.8 Å². The summed E-state index contributed by atoms with van der Waals surface area (Å²) in [6.07, 6.45) is 3.76. The SMILES string of the molecule is COc1cccc(O)c1[C@H]1C2=CC[C@@H]3C(=O)N(c4ccc(Br)cc4)C(=O)[C@@H]3[C@@H]2CC2=C1C(=O)C=C(C)C2=O. The summed E-state index contributed by atoms with van der Waals surface area (Å²) in [4.78, 5) is 55.5. The summed E-state index contributed by atoms with van der Waals surface area (Å²) < 4.78 is 6.41. The summed E-state index contributed by atoms with van der Waals surface area (Å²) in [6, 6.07) is 11.9. The number of phenols is 1. The molecule has 0 spiro atoms. The first kappa shape index (κ1) is 24.6. The molecule has 7 nitrogen and oxygen atoms in total. The molecular formula is C30H24BrNO6. The highest BCUT2D eigenvalue weighted by molar-refractivity contribution is 9.10. The Hall–Kier alpha value is -3.78. The van der Waals surface area contributed by atoms with Crippen LogP contribution >= 0.6 is 15.9 Å². The van der Waals surface area contributed by atoms with Gasteiger partial charge in [-0.3, -0.25) is 24.1 Å². The lowest BCUT2D eigenvalue weighted by Crippen LogP contribution is -2.40. The van der Waals surface area contributed by atoms with Crippen LogP contribution in [0.5, 0.6) is 11.5 Å². The molecule has 0 saturated carbocycles. The molecule has 1 aliphatic heterocycles. The highest BCUT2D eigenvalue weighted by Crippen LogP contribution is 2.57. The van der Waals surface area contributed by atoms with Crippen molar-refractivity contribution in [2.45, 2.75) is 25.7 Å². The zero-order chi connectivity index (χ0) is 26.9. The first-order valence-corrected chi connectivity index (χ1v) is 13.2. The van der Waals surface area contributed by atoms with Crippen molar-refractivity contribution in [1.29, 1.82) is 0 Å². The Morgan fingerprint density at radius 1 is 1.00 bits per heavy atom. The number of rotatable bonds is 3. The molecule has 2 amide bonds. The minimum absolute atomic E-state index is 0.0679. The van der Waals surface area contributed by atoms with E-state index in [1.807, 2.05) is 6.08 Å². The van der Waals surface area contributed by atoms with Gasteiger partial charge in [0.15, 0.2) is 11.6 Å². The topological polar surface area (TPSA) is 101 Å². The van der Waals surface area contributed by atoms with Crippen LogP contribution in [-0.4, -0.2) is 35.6 Å². The van der Waals surface area contributed by atoms with Gasteiger partial charge in [-0.1, -0.05) is 33.6 Å². The zero-order valence-electron chi connectivity index (χ0n) is 20.7. The normalized spacial score (nSPS) is 26.6. The number of benzene rings is 2. The van der Waals surface area contributed by atoms with Gasteiger partial charge in [0.2, 0.25) is 11.8 Å². The molecule has 3 aliphatic carbocycles. The highest BCUT2D eigenvalue weighted by Gasteiger charge is 2.57. The second-order valence-electron chi connectivity index (χ2n) is 10.1. The van der Waals surface area contributed by atoms with Gasteiger partial charge in [-0.05, 0) is 68.2 Å². The van der Waals surface area contributed by atoms with Gasteiger partial charge in [-0.25, -0.2) is 0 Å². The highest BCUT2D eigenvalue weighted by atomic mass is 79.9. The lowest BCUT2D eigenvalue weighted by molar-refractivity contribution is -0.123. The number of imide groups is 1. The van der Waals surface area contributed by atoms with Crippen LogP contribution in [0.25, 0.3) is 0 Å². The van der Waals surface area contributed by atoms with E-state index in [0.717, 1.165) is 10.0 Å². The predicted molar refractivity (Wildman–Crippen MR) is 143 cm³/mol. The number of Topliss-reactive ketones (excluding diaryl/α,β-unsaturated/α-hetero) is 1. The van der Waals surface area contributed by atoms with Crippen molar-refractivity contribution in [3.63, 3.8) is 0 Å². The maximum absolute atomic E-state index is 13.9. The van der Waals surface area contributed by atoms with Gasteiger partial charge in [0.25, 0.3) is 0 Å². The lowest BCUT2D eigenvalue weighted by Gasteiger charge is -2.42. The van der Waals surface area contributed by atoms with Crippen LogP contribution < -0.4 is 9.64 Å². The third-order valence-electron chi connectivity index (χ3n) is 8.20. The number of carbonyl (C=O) groups excluding carboxylic acids is 4. The minimum Gasteiger partial charge on any atom is -0.507 e. The smallest absolute Gasteiger partial charge is 0.238 e. The molecule has 2 aromatic carbocycles. The third-order valence-corrected chi connectivity index (χ3v) is 8.73. The Bertz CT molecular complexity index is 1530. The lowest BCUT2D eigenvalue weighted by atomic mass is 9.59. The van der Waals surface area contributed by atoms with E-state index in [0.29, 0.717) is 40.1 Å². The maximum Gasteiger partial charge on any atom is 0.238 e. The van der Waals surface area contributed by atoms with E-state index >= 15 is 0 Å². The summed E-state index contributed by atoms with van der Waals surface area (Å²) in [7, 11) is 1.48. The van der Waals surface area contributed by atoms with Gasteiger partial charge < -0.3 is 9.84 Å². The molecule has 192 valence electrons. The number of hydrogen-bond donors (Lipinski definition) is 1. The van der Waals surface area contributed by atoms with Gasteiger partial charge in [-0.15, -0.1) is 0 Å². The summed E-state index contributed by atoms with van der Waals surface area (Å²) in [5.41, 5.74) is 2.63. The van der Waals surface area contributed by atoms with Crippen molar-refractivity contribution in [1.82, 2.24) is 0 Å². The van der Waals surface area contributed by atoms with Crippen LogP contribution in [0.1, 0.15) is 31.2 Å². The van der Waals surface area contributed by atoms with Gasteiger partial charge in [0.1, 0.15) is 11.5 Å². The molecule has 8 heteroatoms. The van der Waals surface area contributed by atoms with E-state index in [2.05, 4.69) is 15.9 Å². The van der Waals surface area contributed by atoms with Crippen LogP contribution in [0.4, 0.5) is 5.69 Å². The first-order valence-electron chi connectivity index (χ1n) is 12.4. The molecule has 1 saturated heterocycles. The van der Waals surface area contributed by atoms with Gasteiger partial charge >= 0.3 is 0 Å². The number of fused-ring (bicyclic) bond motifs is 3. The van der Waals surface area contributed by atoms with Crippen LogP contribution in [0, 0.1) is 17.8 Å². The van der Waals surface area contributed by atoms with Crippen LogP contribution in [0.15, 0.2) is 81.4 Å². The van der Waals surface area contributed by atoms with E-state index < -0.39 is 23.7 Å². The number of carbonyl (C=O) groups is 4. The van der Waals surface area contributed by atoms with E-state index in [4.69, 9.17) is 4.74 Å². The number of hydrogen-bond acceptors (Lipinski definition) is 6. The van der Waals surface area contributed by atoms with E-state index in [9.17, 15) is 24.3 Å². The Morgan fingerprint density at radius 2 is 1.74 bits per heavy atom. The average Bonchev–Trinajstić information content (AvgIpc) is 3.16. The number of phenolic OH excluding ortho intramolecular Hbond substituents is 1. The fraction of sp³-hybridized carbons (Fsp3) is 0.267. The van der Waals surface area contributed by atoms with E-state index in [1.165, 1.54) is 24.2 Å². The predicted octanol–water partition coefficient (Wildman–Crippen LogP) is 4.80. The second-order valence-corrected chi connectivity index (χ2v) is 11.0. The van der Waals surface area contributed by atoms with Gasteiger partial charge in [0.05, 0.1) is 24.6 Å². The molecule has 6 rings (SSSR count). The van der Waals surface area contributed by atoms with Gasteiger partial charge in [-0.2, -0.15) is 0 Å². The van der Waals surface area contributed by atoms with Crippen molar-refractivity contribution in [3.8, 4) is 11.5 Å². The fourth-order valence-corrected chi connectivity index (χ4v) is 6.82. The number of aromatic hydroxyl groups is 1. The quantitative estimate of drug-likeness (QED) is 0.321. The third kappa shape index (κ3) is 3.46. The molecular weight excluding hydrogens is 550 g/mol. The average molecular weight is 574 g/mol. The number of anilines is 1. The molecule has 2 aromatic rings. The van der Waals surface area contributed by atoms with Crippen molar-refractivity contribution < 1.29 is 29.0 Å². The number of amides is 2. The van der Waals surface area contributed by atoms with Crippen molar-refractivity contribution in [2.75, 3.05) is 12.0 Å². The molecule has 1 heterocycles. The van der Waals surface area contributed by atoms with Crippen LogP contribution in [-0.2, 0) is 19.2 Å². The molecule has 4 atom stereocenters. The molecule has 4 aliphatic rings. The first-order chi connectivity index (χ1) is 18.2. The summed E-state index contributed by atoms with van der Waals surface area (Å²) >= 11 is 3.39. The Kier molecular flexibility index (Phi) is 5.76. The molecule has 38 heavy (non-hydrogen) atoms. The largest absolute Gasteiger partial charge is 0.507 e. The van der Waals surface area contributed by atoms with Crippen molar-refractivity contribution in [3.05, 3.63) is 86.9 Å². The van der Waals surface area contributed by atoms with Crippen molar-refractivity contribution >= 4 is 45.0 Å². The number of ether oxygens (including phenoxy) is 1. The number of halogens is 1. The number of nitrogens with zero attached hydrogens (tertiary/aromatic N) is 1. The Balaban J connectivity index is 1.52. The summed E-state index contributed by atoms with van der Waals surface area (Å²) in [6.45, 7) is 1.61. The molecule has 0 radical (unpaired) electrons. The summed E-state index contributed by atoms with van der Waals surface area (Å²) in [5, 5.41) is 11.0. The molecule has 0 unspecified atom stereocenters. The Labute approximate surface area is 227 Å². The van der Waals surface area contributed by atoms with Gasteiger partial charge in [0, 0.05) is 32.7 Å². The molecule has 1 fully saturated rings. The van der Waals surface area contributed by atoms with Crippen LogP contribution in [0.2, 0.25) is 0 Å².